The molecule has 0 radical (unpaired) electrons. The Hall–Kier alpha value is -0.890. The Labute approximate surface area is 95.2 Å². The molecule has 0 bridgehead atoms. The zero-order valence-corrected chi connectivity index (χ0v) is 10.6. The molecule has 15 heavy (non-hydrogen) atoms. The molecule has 0 saturated heterocycles. The van der Waals surface area contributed by atoms with Crippen LogP contribution in [0.15, 0.2) is 18.3 Å². The van der Waals surface area contributed by atoms with Gasteiger partial charge in [0.05, 0.1) is 10.2 Å². The average Bonchev–Trinajstić information content (AvgIpc) is 2.59. The van der Waals surface area contributed by atoms with E-state index in [2.05, 4.69) is 44.8 Å². The fourth-order valence-corrected chi connectivity index (χ4v) is 2.62. The van der Waals surface area contributed by atoms with Crippen LogP contribution in [0.3, 0.4) is 0 Å². The molecule has 0 N–H and O–H groups in total. The molecular weight excluding hydrogens is 202 g/mol. The van der Waals surface area contributed by atoms with Crippen molar-refractivity contribution >= 4 is 21.6 Å². The number of hydrogen-bond donors (Lipinski definition) is 0. The maximum Gasteiger partial charge on any atom is 0.0812 e. The van der Waals surface area contributed by atoms with Gasteiger partial charge in [0.1, 0.15) is 0 Å². The van der Waals surface area contributed by atoms with Gasteiger partial charge >= 0.3 is 0 Å². The first-order valence-electron chi connectivity index (χ1n) is 5.47. The molecule has 2 heterocycles. The van der Waals surface area contributed by atoms with Crippen molar-refractivity contribution in [2.45, 2.75) is 39.5 Å². The van der Waals surface area contributed by atoms with Crippen molar-refractivity contribution in [1.29, 1.82) is 0 Å². The zero-order valence-electron chi connectivity index (χ0n) is 9.74. The van der Waals surface area contributed by atoms with E-state index in [-0.39, 0.29) is 0 Å². The predicted molar refractivity (Wildman–Crippen MR) is 67.8 cm³/mol. The molecule has 0 fully saturated rings. The molecule has 2 rings (SSSR count). The molecule has 0 aromatic carbocycles. The Morgan fingerprint density at radius 2 is 1.80 bits per heavy atom. The van der Waals surface area contributed by atoms with Crippen molar-refractivity contribution in [3.8, 4) is 0 Å². The van der Waals surface area contributed by atoms with Crippen LogP contribution in [0, 0.1) is 0 Å². The number of pyridine rings is 1. The van der Waals surface area contributed by atoms with Crippen LogP contribution in [-0.2, 0) is 0 Å². The van der Waals surface area contributed by atoms with Crippen LogP contribution in [0.2, 0.25) is 0 Å². The van der Waals surface area contributed by atoms with Crippen LogP contribution in [-0.4, -0.2) is 4.98 Å². The van der Waals surface area contributed by atoms with Gasteiger partial charge in [0, 0.05) is 11.1 Å². The van der Waals surface area contributed by atoms with Gasteiger partial charge in [0.25, 0.3) is 0 Å². The molecule has 2 aromatic heterocycles. The van der Waals surface area contributed by atoms with Gasteiger partial charge in [-0.25, -0.2) is 0 Å². The van der Waals surface area contributed by atoms with E-state index in [1.54, 1.807) is 0 Å². The maximum absolute atomic E-state index is 4.52. The van der Waals surface area contributed by atoms with Crippen LogP contribution in [0.4, 0.5) is 0 Å². The van der Waals surface area contributed by atoms with E-state index >= 15 is 0 Å². The summed E-state index contributed by atoms with van der Waals surface area (Å²) < 4.78 is 1.32. The normalized spacial score (nSPS) is 11.9. The second kappa shape index (κ2) is 3.93. The van der Waals surface area contributed by atoms with E-state index in [1.165, 1.54) is 15.1 Å². The highest BCUT2D eigenvalue weighted by molar-refractivity contribution is 7.19. The molecule has 0 unspecified atom stereocenters. The Morgan fingerprint density at radius 1 is 1.07 bits per heavy atom. The number of nitrogens with zero attached hydrogens (tertiary/aromatic N) is 1. The zero-order chi connectivity index (χ0) is 11.0. The predicted octanol–water partition coefficient (Wildman–Crippen LogP) is 4.54. The first-order chi connectivity index (χ1) is 7.08. The highest BCUT2D eigenvalue weighted by Gasteiger charge is 2.08. The first kappa shape index (κ1) is 10.6. The molecule has 0 spiro atoms. The Morgan fingerprint density at radius 3 is 2.40 bits per heavy atom. The molecule has 0 amide bonds. The van der Waals surface area contributed by atoms with E-state index in [0.717, 1.165) is 5.52 Å². The Bertz CT molecular complexity index is 462. The lowest BCUT2D eigenvalue weighted by molar-refractivity contribution is 0.862. The third-order valence-electron chi connectivity index (χ3n) is 2.65. The van der Waals surface area contributed by atoms with Crippen LogP contribution >= 0.6 is 11.3 Å². The van der Waals surface area contributed by atoms with E-state index in [1.807, 2.05) is 17.5 Å². The van der Waals surface area contributed by atoms with E-state index < -0.39 is 0 Å². The van der Waals surface area contributed by atoms with E-state index in [4.69, 9.17) is 0 Å². The van der Waals surface area contributed by atoms with E-state index in [0.29, 0.717) is 11.8 Å². The monoisotopic (exact) mass is 219 g/mol. The molecule has 0 aliphatic carbocycles. The summed E-state index contributed by atoms with van der Waals surface area (Å²) in [6.07, 6.45) is 2.00. The summed E-state index contributed by atoms with van der Waals surface area (Å²) in [6.45, 7) is 8.88. The summed E-state index contributed by atoms with van der Waals surface area (Å²) in [7, 11) is 0. The fourth-order valence-electron chi connectivity index (χ4n) is 1.55. The molecule has 0 aliphatic heterocycles. The SMILES string of the molecule is CC(C)c1cnc2cc(C(C)C)sc2c1. The summed E-state index contributed by atoms with van der Waals surface area (Å²) in [4.78, 5) is 5.94. The molecule has 0 aliphatic rings. The number of aromatic nitrogens is 1. The van der Waals surface area contributed by atoms with Crippen molar-refractivity contribution in [3.63, 3.8) is 0 Å². The average molecular weight is 219 g/mol. The van der Waals surface area contributed by atoms with Gasteiger partial charge in [-0.15, -0.1) is 11.3 Å². The van der Waals surface area contributed by atoms with Crippen molar-refractivity contribution in [3.05, 3.63) is 28.8 Å². The lowest BCUT2D eigenvalue weighted by Gasteiger charge is -2.02. The van der Waals surface area contributed by atoms with Crippen LogP contribution in [0.25, 0.3) is 10.2 Å². The fraction of sp³-hybridized carbons (Fsp3) is 0.462. The third-order valence-corrected chi connectivity index (χ3v) is 4.02. The minimum absolute atomic E-state index is 0.562. The molecule has 1 nitrogen and oxygen atoms in total. The van der Waals surface area contributed by atoms with E-state index in [9.17, 15) is 0 Å². The lowest BCUT2D eigenvalue weighted by Crippen LogP contribution is -1.87. The van der Waals surface area contributed by atoms with Gasteiger partial charge in [-0.1, -0.05) is 27.7 Å². The Kier molecular flexibility index (Phi) is 2.79. The van der Waals surface area contributed by atoms with Crippen LogP contribution in [0.5, 0.6) is 0 Å². The minimum Gasteiger partial charge on any atom is -0.255 e. The topological polar surface area (TPSA) is 12.9 Å². The van der Waals surface area contributed by atoms with Gasteiger partial charge < -0.3 is 0 Å². The third kappa shape index (κ3) is 2.05. The van der Waals surface area contributed by atoms with Gasteiger partial charge in [-0.3, -0.25) is 4.98 Å². The first-order valence-corrected chi connectivity index (χ1v) is 6.29. The molecular formula is C13H17NS. The van der Waals surface area contributed by atoms with Gasteiger partial charge in [0.2, 0.25) is 0 Å². The summed E-state index contributed by atoms with van der Waals surface area (Å²) >= 11 is 1.87. The summed E-state index contributed by atoms with van der Waals surface area (Å²) in [5.41, 5.74) is 2.48. The summed E-state index contributed by atoms with van der Waals surface area (Å²) in [5, 5.41) is 0. The van der Waals surface area contributed by atoms with Crippen molar-refractivity contribution < 1.29 is 0 Å². The number of rotatable bonds is 2. The molecule has 0 saturated carbocycles. The number of hydrogen-bond acceptors (Lipinski definition) is 2. The highest BCUT2D eigenvalue weighted by atomic mass is 32.1. The summed E-state index contributed by atoms with van der Waals surface area (Å²) in [5.74, 6) is 1.16. The second-order valence-corrected chi connectivity index (χ2v) is 5.73. The molecule has 0 atom stereocenters. The number of fused-ring (bicyclic) bond motifs is 1. The van der Waals surface area contributed by atoms with Gasteiger partial charge in [0.15, 0.2) is 0 Å². The van der Waals surface area contributed by atoms with Crippen LogP contribution in [0.1, 0.15) is 50.0 Å². The van der Waals surface area contributed by atoms with Crippen molar-refractivity contribution in [1.82, 2.24) is 4.98 Å². The quantitative estimate of drug-likeness (QED) is 0.722. The van der Waals surface area contributed by atoms with Crippen LogP contribution < -0.4 is 0 Å². The lowest BCUT2D eigenvalue weighted by atomic mass is 10.1. The molecule has 2 aromatic rings. The smallest absolute Gasteiger partial charge is 0.0812 e. The highest BCUT2D eigenvalue weighted by Crippen LogP contribution is 2.31. The standard InChI is InChI=1S/C13H17NS/c1-8(2)10-5-13-11(14-7-10)6-12(15-13)9(3)4/h5-9H,1-4H3. The summed E-state index contributed by atoms with van der Waals surface area (Å²) in [6, 6.07) is 4.50. The minimum atomic E-state index is 0.562. The number of thiophene rings is 1. The largest absolute Gasteiger partial charge is 0.255 e. The molecule has 80 valence electrons. The van der Waals surface area contributed by atoms with Gasteiger partial charge in [-0.2, -0.15) is 0 Å². The van der Waals surface area contributed by atoms with Crippen molar-refractivity contribution in [2.24, 2.45) is 0 Å². The van der Waals surface area contributed by atoms with Crippen molar-refractivity contribution in [2.75, 3.05) is 0 Å². The maximum atomic E-state index is 4.52. The van der Waals surface area contributed by atoms with Gasteiger partial charge in [-0.05, 0) is 29.5 Å². The molecule has 2 heteroatoms. The Balaban J connectivity index is 2.52. The second-order valence-electron chi connectivity index (χ2n) is 4.61.